The molecule has 1 aliphatic rings. The number of rotatable bonds is 1. The molecule has 0 radical (unpaired) electrons. The van der Waals surface area contributed by atoms with E-state index in [2.05, 4.69) is 9.79 Å². The molecule has 0 spiro atoms. The van der Waals surface area contributed by atoms with Gasteiger partial charge >= 0.3 is 0 Å². The van der Waals surface area contributed by atoms with Gasteiger partial charge in [0, 0.05) is 6.42 Å². The number of hydroxylamine groups is 1. The molecule has 2 N–H and O–H groups in total. The molecule has 7 heteroatoms. The molecule has 68 valence electrons. The molecule has 0 bridgehead atoms. The molecule has 0 aromatic carbocycles. The van der Waals surface area contributed by atoms with Gasteiger partial charge in [0.05, 0.1) is 5.16 Å². The Hall–Kier alpha value is -1.89. The number of ketones is 1. The molecule has 1 aromatic heterocycles. The first-order valence-electron chi connectivity index (χ1n) is 3.47. The molecule has 0 saturated carbocycles. The monoisotopic (exact) mass is 183 g/mol. The summed E-state index contributed by atoms with van der Waals surface area (Å²) < 4.78 is 4.23. The van der Waals surface area contributed by atoms with E-state index in [1.807, 2.05) is 0 Å². The van der Waals surface area contributed by atoms with E-state index in [1.165, 1.54) is 6.08 Å². The Morgan fingerprint density at radius 1 is 1.77 bits per heavy atom. The van der Waals surface area contributed by atoms with Gasteiger partial charge in [-0.1, -0.05) is 0 Å². The number of allylic oxidation sites excluding steroid dienone is 2. The summed E-state index contributed by atoms with van der Waals surface area (Å²) in [4.78, 5) is 11.5. The van der Waals surface area contributed by atoms with Crippen molar-refractivity contribution in [2.75, 3.05) is 0 Å². The Morgan fingerprint density at radius 2 is 2.54 bits per heavy atom. The molecule has 1 aromatic rings. The number of carbonyl (C=O) groups is 1. The van der Waals surface area contributed by atoms with Crippen LogP contribution in [0.1, 0.15) is 16.2 Å². The minimum atomic E-state index is -0.554. The zero-order valence-electron chi connectivity index (χ0n) is 6.35. The van der Waals surface area contributed by atoms with Crippen molar-refractivity contribution in [1.82, 2.24) is 10.6 Å². The minimum absolute atomic E-state index is 0.00130. The number of nitrogens with one attached hydrogen (secondary N) is 1. The summed E-state index contributed by atoms with van der Waals surface area (Å²) in [6.07, 6.45) is 1.59. The fraction of sp³-hybridized carbons (Fsp3) is 0.167. The lowest BCUT2D eigenvalue weighted by molar-refractivity contribution is -0.807. The number of hydrogen-bond acceptors (Lipinski definition) is 6. The third kappa shape index (κ3) is 0.975. The first kappa shape index (κ1) is 7.74. The van der Waals surface area contributed by atoms with E-state index in [1.54, 1.807) is 5.48 Å². The summed E-state index contributed by atoms with van der Waals surface area (Å²) in [7, 11) is 0. The molecule has 2 rings (SSSR count). The summed E-state index contributed by atoms with van der Waals surface area (Å²) in [5, 5.41) is 22.6. The van der Waals surface area contributed by atoms with Crippen LogP contribution in [0, 0.1) is 5.21 Å². The lowest BCUT2D eigenvalue weighted by Crippen LogP contribution is -2.32. The first-order chi connectivity index (χ1) is 6.24. The summed E-state index contributed by atoms with van der Waals surface area (Å²) in [6, 6.07) is 0. The first-order valence-corrected chi connectivity index (χ1v) is 3.47. The molecule has 13 heavy (non-hydrogen) atoms. The minimum Gasteiger partial charge on any atom is -0.359 e. The van der Waals surface area contributed by atoms with E-state index in [9.17, 15) is 10.0 Å². The van der Waals surface area contributed by atoms with Crippen LogP contribution < -0.4 is 10.4 Å². The quantitative estimate of drug-likeness (QED) is 0.423. The lowest BCUT2D eigenvalue weighted by atomic mass is 10.0. The summed E-state index contributed by atoms with van der Waals surface area (Å²) in [6.45, 7) is 0. The van der Waals surface area contributed by atoms with Gasteiger partial charge in [-0.05, 0) is 11.0 Å². The van der Waals surface area contributed by atoms with Crippen molar-refractivity contribution in [2.24, 2.45) is 0 Å². The summed E-state index contributed by atoms with van der Waals surface area (Å²) in [5.41, 5.74) is 1.82. The normalized spacial score (nSPS) is 15.2. The Bertz CT molecular complexity index is 395. The maximum absolute atomic E-state index is 11.3. The topological polar surface area (TPSA) is 102 Å². The number of aromatic nitrogens is 2. The van der Waals surface area contributed by atoms with Crippen LogP contribution in [0.15, 0.2) is 16.4 Å². The average Bonchev–Trinajstić information content (AvgIpc) is 2.50. The SMILES string of the molecule is O=C1C(NO)=CCc2c1no[n+]2[O-]. The van der Waals surface area contributed by atoms with Gasteiger partial charge in [-0.25, -0.2) is 0 Å². The van der Waals surface area contributed by atoms with E-state index in [0.717, 1.165) is 0 Å². The molecule has 0 saturated heterocycles. The van der Waals surface area contributed by atoms with Gasteiger partial charge in [0.15, 0.2) is 0 Å². The van der Waals surface area contributed by atoms with Gasteiger partial charge in [0.2, 0.25) is 5.69 Å². The molecule has 0 atom stereocenters. The molecule has 0 aliphatic heterocycles. The lowest BCUT2D eigenvalue weighted by Gasteiger charge is -2.04. The van der Waals surface area contributed by atoms with E-state index in [0.29, 0.717) is 0 Å². The third-order valence-corrected chi connectivity index (χ3v) is 1.78. The van der Waals surface area contributed by atoms with Crippen LogP contribution in [0.2, 0.25) is 0 Å². The fourth-order valence-corrected chi connectivity index (χ4v) is 1.13. The summed E-state index contributed by atoms with van der Waals surface area (Å²) in [5.74, 6) is -0.554. The van der Waals surface area contributed by atoms with Gasteiger partial charge in [0.1, 0.15) is 5.70 Å². The number of nitrogens with zero attached hydrogens (tertiary/aromatic N) is 2. The van der Waals surface area contributed by atoms with Crippen LogP contribution >= 0.6 is 0 Å². The molecule has 0 amide bonds. The number of carbonyl (C=O) groups excluding carboxylic acids is 1. The van der Waals surface area contributed by atoms with Crippen molar-refractivity contribution < 1.29 is 19.5 Å². The maximum Gasteiger partial charge on any atom is 0.293 e. The van der Waals surface area contributed by atoms with E-state index in [4.69, 9.17) is 5.21 Å². The zero-order valence-corrected chi connectivity index (χ0v) is 6.35. The van der Waals surface area contributed by atoms with Gasteiger partial charge in [0.25, 0.3) is 11.5 Å². The number of Topliss-reactive ketones (excluding diaryl/α,β-unsaturated/α-hetero) is 1. The van der Waals surface area contributed by atoms with Gasteiger partial charge < -0.3 is 5.21 Å². The van der Waals surface area contributed by atoms with Crippen LogP contribution in [-0.4, -0.2) is 16.1 Å². The van der Waals surface area contributed by atoms with Crippen molar-refractivity contribution in [3.8, 4) is 0 Å². The van der Waals surface area contributed by atoms with Gasteiger partial charge in [-0.2, -0.15) is 0 Å². The van der Waals surface area contributed by atoms with E-state index >= 15 is 0 Å². The second-order valence-electron chi connectivity index (χ2n) is 2.49. The predicted molar refractivity (Wildman–Crippen MR) is 36.5 cm³/mol. The molecule has 1 heterocycles. The van der Waals surface area contributed by atoms with Crippen LogP contribution in [0.5, 0.6) is 0 Å². The average molecular weight is 183 g/mol. The molecular formula is C6H5N3O4. The maximum atomic E-state index is 11.3. The second-order valence-corrected chi connectivity index (χ2v) is 2.49. The Morgan fingerprint density at radius 3 is 3.23 bits per heavy atom. The van der Waals surface area contributed by atoms with Crippen molar-refractivity contribution >= 4 is 5.78 Å². The van der Waals surface area contributed by atoms with Crippen molar-refractivity contribution in [3.63, 3.8) is 0 Å². The molecule has 7 nitrogen and oxygen atoms in total. The highest BCUT2D eigenvalue weighted by atomic mass is 16.8. The van der Waals surface area contributed by atoms with Crippen molar-refractivity contribution in [1.29, 1.82) is 0 Å². The second kappa shape index (κ2) is 2.56. The largest absolute Gasteiger partial charge is 0.359 e. The highest BCUT2D eigenvalue weighted by Crippen LogP contribution is 2.14. The van der Waals surface area contributed by atoms with Crippen LogP contribution in [0.4, 0.5) is 0 Å². The van der Waals surface area contributed by atoms with Crippen LogP contribution in [0.3, 0.4) is 0 Å². The van der Waals surface area contributed by atoms with Crippen LogP contribution in [-0.2, 0) is 6.42 Å². The highest BCUT2D eigenvalue weighted by molar-refractivity contribution is 6.08. The molecule has 0 fully saturated rings. The van der Waals surface area contributed by atoms with Gasteiger partial charge in [-0.3, -0.25) is 20.1 Å². The fourth-order valence-electron chi connectivity index (χ4n) is 1.13. The van der Waals surface area contributed by atoms with Crippen LogP contribution in [0.25, 0.3) is 0 Å². The predicted octanol–water partition coefficient (Wildman–Crippen LogP) is -1.09. The smallest absolute Gasteiger partial charge is 0.293 e. The Kier molecular flexibility index (Phi) is 1.52. The molecule has 0 unspecified atom stereocenters. The van der Waals surface area contributed by atoms with E-state index in [-0.39, 0.29) is 28.4 Å². The summed E-state index contributed by atoms with van der Waals surface area (Å²) >= 11 is 0. The number of hydrogen-bond donors (Lipinski definition) is 2. The molecular weight excluding hydrogens is 178 g/mol. The van der Waals surface area contributed by atoms with Crippen molar-refractivity contribution in [2.45, 2.75) is 6.42 Å². The highest BCUT2D eigenvalue weighted by Gasteiger charge is 2.31. The molecule has 1 aliphatic carbocycles. The number of fused-ring (bicyclic) bond motifs is 1. The Labute approximate surface area is 71.7 Å². The standard InChI is InChI=1S/C6H5N3O4/c10-6-3(7-11)1-2-4-5(6)8-13-9(4)12/h1,7,11H,2H2. The van der Waals surface area contributed by atoms with Crippen molar-refractivity contribution in [3.05, 3.63) is 28.4 Å². The van der Waals surface area contributed by atoms with Gasteiger partial charge in [-0.15, -0.1) is 0 Å². The zero-order chi connectivity index (χ0) is 9.42. The Balaban J connectivity index is 2.48. The third-order valence-electron chi connectivity index (χ3n) is 1.78. The van der Waals surface area contributed by atoms with E-state index < -0.39 is 5.78 Å².